The van der Waals surface area contributed by atoms with Gasteiger partial charge in [-0.1, -0.05) is 12.1 Å². The predicted molar refractivity (Wildman–Crippen MR) is 118 cm³/mol. The first kappa shape index (κ1) is 27.9. The van der Waals surface area contributed by atoms with Crippen LogP contribution in [0.3, 0.4) is 0 Å². The Balaban J connectivity index is 1.71. The van der Waals surface area contributed by atoms with Gasteiger partial charge in [-0.2, -0.15) is 26.3 Å². The van der Waals surface area contributed by atoms with Gasteiger partial charge in [-0.25, -0.2) is 4.39 Å². The van der Waals surface area contributed by atoms with E-state index >= 15 is 0 Å². The average Bonchev–Trinajstić information content (AvgIpc) is 2.82. The lowest BCUT2D eigenvalue weighted by molar-refractivity contribution is -0.143. The fraction of sp³-hybridized carbons (Fsp3) is 0.280. The molecule has 0 bridgehead atoms. The molecule has 0 aliphatic rings. The number of benzene rings is 2. The zero-order chi connectivity index (χ0) is 27.2. The first-order chi connectivity index (χ1) is 17.3. The van der Waals surface area contributed by atoms with Crippen LogP contribution in [-0.4, -0.2) is 29.1 Å². The van der Waals surface area contributed by atoms with E-state index in [0.29, 0.717) is 17.7 Å². The minimum Gasteiger partial charge on any atom is -0.506 e. The van der Waals surface area contributed by atoms with Crippen molar-refractivity contribution >= 4 is 5.91 Å². The number of hydrogen-bond acceptors (Lipinski definition) is 4. The molecule has 1 aromatic heterocycles. The molecule has 0 aliphatic heterocycles. The average molecular weight is 530 g/mol. The van der Waals surface area contributed by atoms with Gasteiger partial charge >= 0.3 is 12.4 Å². The summed E-state index contributed by atoms with van der Waals surface area (Å²) in [6, 6.07) is 9.20. The Hall–Kier alpha value is -3.67. The van der Waals surface area contributed by atoms with Crippen LogP contribution in [0.15, 0.2) is 60.8 Å². The van der Waals surface area contributed by atoms with Crippen molar-refractivity contribution in [3.63, 3.8) is 0 Å². The van der Waals surface area contributed by atoms with Crippen LogP contribution in [0.1, 0.15) is 33.9 Å². The van der Waals surface area contributed by atoms with E-state index in [2.05, 4.69) is 10.3 Å². The summed E-state index contributed by atoms with van der Waals surface area (Å²) in [5, 5.41) is 12.4. The van der Waals surface area contributed by atoms with Crippen molar-refractivity contribution in [2.24, 2.45) is 0 Å². The van der Waals surface area contributed by atoms with Gasteiger partial charge in [-0.15, -0.1) is 0 Å². The van der Waals surface area contributed by atoms with Gasteiger partial charge < -0.3 is 15.2 Å². The van der Waals surface area contributed by atoms with Gasteiger partial charge in [0.2, 0.25) is 5.91 Å². The highest BCUT2D eigenvalue weighted by molar-refractivity contribution is 5.78. The van der Waals surface area contributed by atoms with Crippen molar-refractivity contribution in [1.82, 2.24) is 10.3 Å². The lowest BCUT2D eigenvalue weighted by Gasteiger charge is -2.19. The molecule has 0 spiro atoms. The van der Waals surface area contributed by atoms with Gasteiger partial charge in [-0.3, -0.25) is 9.78 Å². The molecule has 1 heterocycles. The molecule has 3 aromatic rings. The van der Waals surface area contributed by atoms with Gasteiger partial charge in [0.15, 0.2) is 0 Å². The second-order valence-electron chi connectivity index (χ2n) is 8.13. The van der Waals surface area contributed by atoms with E-state index in [1.165, 1.54) is 42.6 Å². The summed E-state index contributed by atoms with van der Waals surface area (Å²) in [6.07, 6.45) is -8.82. The number of nitrogens with zero attached hydrogens (tertiary/aromatic N) is 1. The Bertz CT molecular complexity index is 1180. The van der Waals surface area contributed by atoms with Gasteiger partial charge in [0, 0.05) is 18.7 Å². The first-order valence-electron chi connectivity index (χ1n) is 10.8. The molecule has 37 heavy (non-hydrogen) atoms. The largest absolute Gasteiger partial charge is 0.506 e. The third-order valence-electron chi connectivity index (χ3n) is 5.32. The maximum atomic E-state index is 13.4. The molecule has 5 nitrogen and oxygen atoms in total. The molecule has 12 heteroatoms. The second-order valence-corrected chi connectivity index (χ2v) is 8.13. The molecule has 1 amide bonds. The van der Waals surface area contributed by atoms with Gasteiger partial charge in [0.25, 0.3) is 0 Å². The minimum atomic E-state index is -4.99. The Morgan fingerprint density at radius 3 is 2.16 bits per heavy atom. The van der Waals surface area contributed by atoms with Crippen LogP contribution in [0.5, 0.6) is 5.75 Å². The summed E-state index contributed by atoms with van der Waals surface area (Å²) in [4.78, 5) is 16.2. The number of hydrogen-bond donors (Lipinski definition) is 2. The number of alkyl halides is 6. The maximum absolute atomic E-state index is 13.4. The van der Waals surface area contributed by atoms with Gasteiger partial charge in [0.05, 0.1) is 36.5 Å². The van der Waals surface area contributed by atoms with E-state index in [1.807, 2.05) is 0 Å². The van der Waals surface area contributed by atoms with E-state index < -0.39 is 47.7 Å². The monoisotopic (exact) mass is 530 g/mol. The third kappa shape index (κ3) is 8.17. The molecule has 0 fully saturated rings. The van der Waals surface area contributed by atoms with Crippen molar-refractivity contribution in [2.45, 2.75) is 31.3 Å². The number of nitrogens with one attached hydrogen (secondary N) is 1. The molecule has 0 saturated heterocycles. The van der Waals surface area contributed by atoms with Crippen LogP contribution < -0.4 is 5.32 Å². The number of pyridine rings is 1. The number of rotatable bonds is 9. The lowest BCUT2D eigenvalue weighted by atomic mass is 9.99. The van der Waals surface area contributed by atoms with Crippen LogP contribution >= 0.6 is 0 Å². The molecule has 3 rings (SSSR count). The van der Waals surface area contributed by atoms with Gasteiger partial charge in [-0.05, 0) is 53.6 Å². The summed E-state index contributed by atoms with van der Waals surface area (Å²) in [6.45, 7) is -0.826. The number of aromatic hydroxyl groups is 1. The lowest BCUT2D eigenvalue weighted by Crippen LogP contribution is -2.31. The summed E-state index contributed by atoms with van der Waals surface area (Å²) in [5.74, 6) is -1.82. The fourth-order valence-corrected chi connectivity index (χ4v) is 3.45. The molecule has 1 unspecified atom stereocenters. The number of amides is 1. The van der Waals surface area contributed by atoms with Crippen LogP contribution in [0, 0.1) is 5.82 Å². The fourth-order valence-electron chi connectivity index (χ4n) is 3.45. The third-order valence-corrected chi connectivity index (χ3v) is 5.32. The number of carbonyl (C=O) groups is 1. The highest BCUT2D eigenvalue weighted by Crippen LogP contribution is 2.36. The smallest absolute Gasteiger partial charge is 0.416 e. The van der Waals surface area contributed by atoms with E-state index in [9.17, 15) is 40.6 Å². The van der Waals surface area contributed by atoms with Crippen molar-refractivity contribution < 1.29 is 45.4 Å². The topological polar surface area (TPSA) is 71.5 Å². The van der Waals surface area contributed by atoms with Gasteiger partial charge in [0.1, 0.15) is 11.6 Å². The molecule has 2 aromatic carbocycles. The normalized spacial score (nSPS) is 12.8. The molecule has 2 N–H and O–H groups in total. The number of halogens is 7. The zero-order valence-corrected chi connectivity index (χ0v) is 19.0. The molecule has 0 saturated carbocycles. The minimum absolute atomic E-state index is 0.0275. The second kappa shape index (κ2) is 11.6. The van der Waals surface area contributed by atoms with Crippen LogP contribution in [0.25, 0.3) is 0 Å². The molecular weight excluding hydrogens is 509 g/mol. The molecule has 198 valence electrons. The highest BCUT2D eigenvalue weighted by atomic mass is 19.4. The van der Waals surface area contributed by atoms with Crippen LogP contribution in [0.2, 0.25) is 0 Å². The number of carbonyl (C=O) groups excluding carboxylic acids is 1. The maximum Gasteiger partial charge on any atom is 0.416 e. The summed E-state index contributed by atoms with van der Waals surface area (Å²) >= 11 is 0. The number of ether oxygens (including phenoxy) is 1. The van der Waals surface area contributed by atoms with Crippen molar-refractivity contribution in [2.75, 3.05) is 13.2 Å². The summed E-state index contributed by atoms with van der Waals surface area (Å²) in [5.41, 5.74) is -2.60. The van der Waals surface area contributed by atoms with Crippen molar-refractivity contribution in [3.05, 3.63) is 94.6 Å². The molecule has 0 aliphatic carbocycles. The Morgan fingerprint density at radius 1 is 0.973 bits per heavy atom. The molecule has 1 atom stereocenters. The van der Waals surface area contributed by atoms with E-state index in [1.54, 1.807) is 0 Å². The quantitative estimate of drug-likeness (QED) is 0.352. The number of aromatic nitrogens is 1. The first-order valence-corrected chi connectivity index (χ1v) is 10.8. The Labute approximate surface area is 206 Å². The van der Waals surface area contributed by atoms with Crippen molar-refractivity contribution in [1.29, 1.82) is 0 Å². The Kier molecular flexibility index (Phi) is 8.74. The van der Waals surface area contributed by atoms with E-state index in [4.69, 9.17) is 4.74 Å². The van der Waals surface area contributed by atoms with E-state index in [0.717, 1.165) is 0 Å². The Morgan fingerprint density at radius 2 is 1.59 bits per heavy atom. The van der Waals surface area contributed by atoms with Crippen LogP contribution in [-0.2, 0) is 34.9 Å². The summed E-state index contributed by atoms with van der Waals surface area (Å²) < 4.78 is 97.4. The zero-order valence-electron chi connectivity index (χ0n) is 19.0. The summed E-state index contributed by atoms with van der Waals surface area (Å²) in [7, 11) is 0. The van der Waals surface area contributed by atoms with Crippen molar-refractivity contribution in [3.8, 4) is 5.75 Å². The van der Waals surface area contributed by atoms with Crippen LogP contribution in [0.4, 0.5) is 30.7 Å². The highest BCUT2D eigenvalue weighted by Gasteiger charge is 2.36. The molecule has 0 radical (unpaired) electrons. The van der Waals surface area contributed by atoms with E-state index in [-0.39, 0.29) is 42.6 Å². The predicted octanol–water partition coefficient (Wildman–Crippen LogP) is 5.62. The molecular formula is C25H21F7N2O3. The SMILES string of the molecule is O=C(Cc1ncccc1O)NCC(COCc1cc(C(F)(F)F)cc(C(F)(F)F)c1)c1ccc(F)cc1. The standard InChI is InChI=1S/C25H21F7N2O3/c26-20-5-3-16(4-6-20)17(12-34-23(36)11-21-22(35)2-1-7-33-21)14-37-13-15-8-18(24(27,28)29)10-19(9-15)25(30,31)32/h1-10,17,35H,11-14H2,(H,34,36).